The Hall–Kier alpha value is -1.89. The molecule has 0 N–H and O–H groups in total. The third-order valence-corrected chi connectivity index (χ3v) is 5.61. The van der Waals surface area contributed by atoms with Crippen LogP contribution in [0.2, 0.25) is 0 Å². The number of carbonyl (C=O) groups excluding carboxylic acids is 1. The molecule has 4 rings (SSSR count). The van der Waals surface area contributed by atoms with Crippen LogP contribution in [-0.2, 0) is 0 Å². The fourth-order valence-corrected chi connectivity index (χ4v) is 4.48. The lowest BCUT2D eigenvalue weighted by atomic mass is 9.97. The summed E-state index contributed by atoms with van der Waals surface area (Å²) in [6.07, 6.45) is 11.2. The third-order valence-electron chi connectivity index (χ3n) is 4.90. The van der Waals surface area contributed by atoms with Crippen LogP contribution in [0.3, 0.4) is 0 Å². The minimum Gasteiger partial charge on any atom is -0.332 e. The minimum atomic E-state index is 0.127. The molecule has 0 saturated carbocycles. The van der Waals surface area contributed by atoms with E-state index in [0.29, 0.717) is 6.04 Å². The number of nitrogens with zero attached hydrogens (tertiary/aromatic N) is 5. The number of thioether (sulfide) groups is 1. The van der Waals surface area contributed by atoms with Gasteiger partial charge in [-0.25, -0.2) is 4.98 Å². The van der Waals surface area contributed by atoms with E-state index in [1.165, 1.54) is 11.8 Å². The van der Waals surface area contributed by atoms with Gasteiger partial charge in [0.05, 0.1) is 24.0 Å². The zero-order valence-corrected chi connectivity index (χ0v) is 13.8. The number of piperidine rings is 1. The van der Waals surface area contributed by atoms with E-state index < -0.39 is 0 Å². The molecule has 2 aromatic heterocycles. The average molecular weight is 329 g/mol. The molecule has 23 heavy (non-hydrogen) atoms. The molecule has 1 amide bonds. The Kier molecular flexibility index (Phi) is 3.80. The molecular formula is C16H19N5OS. The van der Waals surface area contributed by atoms with E-state index in [-0.39, 0.29) is 18.0 Å². The number of carbonyl (C=O) groups is 1. The van der Waals surface area contributed by atoms with Crippen molar-refractivity contribution in [1.29, 1.82) is 0 Å². The van der Waals surface area contributed by atoms with Gasteiger partial charge in [-0.05, 0) is 44.1 Å². The van der Waals surface area contributed by atoms with Gasteiger partial charge >= 0.3 is 0 Å². The van der Waals surface area contributed by atoms with Gasteiger partial charge in [0.1, 0.15) is 5.03 Å². The number of hydrogen-bond acceptors (Lipinski definition) is 5. The van der Waals surface area contributed by atoms with Crippen molar-refractivity contribution in [2.75, 3.05) is 6.26 Å². The van der Waals surface area contributed by atoms with Gasteiger partial charge in [0.2, 0.25) is 0 Å². The van der Waals surface area contributed by atoms with Crippen molar-refractivity contribution in [3.8, 4) is 0 Å². The predicted octanol–water partition coefficient (Wildman–Crippen LogP) is 2.40. The maximum Gasteiger partial charge on any atom is 0.257 e. The Morgan fingerprint density at radius 1 is 1.13 bits per heavy atom. The fraction of sp³-hybridized carbons (Fsp3) is 0.500. The summed E-state index contributed by atoms with van der Waals surface area (Å²) in [5.74, 6) is 0.127. The van der Waals surface area contributed by atoms with Crippen molar-refractivity contribution in [3.05, 3.63) is 36.3 Å². The van der Waals surface area contributed by atoms with Crippen LogP contribution in [-0.4, -0.2) is 49.1 Å². The zero-order valence-electron chi connectivity index (χ0n) is 13.0. The van der Waals surface area contributed by atoms with Crippen molar-refractivity contribution in [2.24, 2.45) is 0 Å². The van der Waals surface area contributed by atoms with Crippen LogP contribution in [0.1, 0.15) is 42.1 Å². The van der Waals surface area contributed by atoms with Gasteiger partial charge in [-0.3, -0.25) is 4.79 Å². The lowest BCUT2D eigenvalue weighted by Crippen LogP contribution is -2.47. The average Bonchev–Trinajstić information content (AvgIpc) is 3.21. The summed E-state index contributed by atoms with van der Waals surface area (Å²) in [6, 6.07) is 4.61. The lowest BCUT2D eigenvalue weighted by molar-refractivity contribution is 0.0508. The van der Waals surface area contributed by atoms with Gasteiger partial charge in [0, 0.05) is 18.3 Å². The van der Waals surface area contributed by atoms with Crippen molar-refractivity contribution in [1.82, 2.24) is 24.9 Å². The molecule has 0 aliphatic carbocycles. The molecule has 2 atom stereocenters. The normalized spacial score (nSPS) is 26.5. The van der Waals surface area contributed by atoms with Gasteiger partial charge in [0.25, 0.3) is 5.91 Å². The maximum absolute atomic E-state index is 13.1. The van der Waals surface area contributed by atoms with Gasteiger partial charge < -0.3 is 4.90 Å². The van der Waals surface area contributed by atoms with Crippen molar-refractivity contribution >= 4 is 17.7 Å². The summed E-state index contributed by atoms with van der Waals surface area (Å²) in [5.41, 5.74) is 0.729. The first-order valence-corrected chi connectivity index (χ1v) is 9.18. The lowest BCUT2D eigenvalue weighted by Gasteiger charge is -2.38. The first-order valence-electron chi connectivity index (χ1n) is 7.95. The molecule has 4 heterocycles. The summed E-state index contributed by atoms with van der Waals surface area (Å²) in [5, 5.41) is 9.37. The SMILES string of the molecule is CSc1ncccc1C(=O)N1C2CCC1CC(n1nccn1)C2. The molecule has 2 fully saturated rings. The molecule has 2 aliphatic rings. The molecule has 2 aromatic rings. The van der Waals surface area contributed by atoms with Crippen LogP contribution in [0.15, 0.2) is 35.7 Å². The topological polar surface area (TPSA) is 63.9 Å². The summed E-state index contributed by atoms with van der Waals surface area (Å²) >= 11 is 1.53. The van der Waals surface area contributed by atoms with E-state index in [4.69, 9.17) is 0 Å². The zero-order chi connectivity index (χ0) is 15.8. The molecular weight excluding hydrogens is 310 g/mol. The van der Waals surface area contributed by atoms with Crippen molar-refractivity contribution < 1.29 is 4.79 Å². The molecule has 2 aliphatic heterocycles. The highest BCUT2D eigenvalue weighted by molar-refractivity contribution is 7.98. The van der Waals surface area contributed by atoms with Crippen molar-refractivity contribution in [3.63, 3.8) is 0 Å². The van der Waals surface area contributed by atoms with Crippen molar-refractivity contribution in [2.45, 2.75) is 48.8 Å². The van der Waals surface area contributed by atoms with E-state index in [0.717, 1.165) is 36.3 Å². The summed E-state index contributed by atoms with van der Waals surface area (Å²) < 4.78 is 0. The molecule has 6 nitrogen and oxygen atoms in total. The Bertz CT molecular complexity index is 690. The number of amides is 1. The summed E-state index contributed by atoms with van der Waals surface area (Å²) in [4.78, 5) is 21.3. The summed E-state index contributed by atoms with van der Waals surface area (Å²) in [6.45, 7) is 0. The van der Waals surface area contributed by atoms with Gasteiger partial charge in [-0.1, -0.05) is 0 Å². The van der Waals surface area contributed by atoms with E-state index in [1.54, 1.807) is 18.6 Å². The van der Waals surface area contributed by atoms with Crippen LogP contribution in [0.4, 0.5) is 0 Å². The highest BCUT2D eigenvalue weighted by Crippen LogP contribution is 2.41. The highest BCUT2D eigenvalue weighted by atomic mass is 32.2. The van der Waals surface area contributed by atoms with Crippen LogP contribution in [0.25, 0.3) is 0 Å². The number of hydrogen-bond donors (Lipinski definition) is 0. The maximum atomic E-state index is 13.1. The second-order valence-corrected chi connectivity index (χ2v) is 6.93. The number of fused-ring (bicyclic) bond motifs is 2. The van der Waals surface area contributed by atoms with Gasteiger partial charge in [0.15, 0.2) is 0 Å². The predicted molar refractivity (Wildman–Crippen MR) is 87.3 cm³/mol. The smallest absolute Gasteiger partial charge is 0.257 e. The monoisotopic (exact) mass is 329 g/mol. The molecule has 120 valence electrons. The molecule has 0 aromatic carbocycles. The third kappa shape index (κ3) is 2.52. The largest absolute Gasteiger partial charge is 0.332 e. The highest BCUT2D eigenvalue weighted by Gasteiger charge is 2.44. The Labute approximate surface area is 139 Å². The molecule has 2 unspecified atom stereocenters. The first-order chi connectivity index (χ1) is 11.3. The van der Waals surface area contributed by atoms with E-state index in [2.05, 4.69) is 20.1 Å². The van der Waals surface area contributed by atoms with Crippen LogP contribution in [0, 0.1) is 0 Å². The van der Waals surface area contributed by atoms with Crippen LogP contribution < -0.4 is 0 Å². The number of rotatable bonds is 3. The second kappa shape index (κ2) is 5.96. The summed E-state index contributed by atoms with van der Waals surface area (Å²) in [7, 11) is 0. The van der Waals surface area contributed by atoms with E-state index in [9.17, 15) is 4.79 Å². The second-order valence-electron chi connectivity index (χ2n) is 6.13. The molecule has 0 spiro atoms. The number of pyridine rings is 1. The Morgan fingerprint density at radius 3 is 2.48 bits per heavy atom. The van der Waals surface area contributed by atoms with Crippen LogP contribution in [0.5, 0.6) is 0 Å². The fourth-order valence-electron chi connectivity index (χ4n) is 3.94. The Balaban J connectivity index is 1.58. The van der Waals surface area contributed by atoms with Crippen LogP contribution >= 0.6 is 11.8 Å². The molecule has 2 bridgehead atoms. The standard InChI is InChI=1S/C16H19N5OS/c1-23-15-14(3-2-6-17-15)16(22)20-11-4-5-12(20)10-13(9-11)21-18-7-8-19-21/h2-3,6-8,11-13H,4-5,9-10H2,1H3. The Morgan fingerprint density at radius 2 is 1.83 bits per heavy atom. The first kappa shape index (κ1) is 14.7. The quantitative estimate of drug-likeness (QED) is 0.809. The number of aromatic nitrogens is 4. The molecule has 7 heteroatoms. The van der Waals surface area contributed by atoms with E-state index >= 15 is 0 Å². The van der Waals surface area contributed by atoms with E-state index in [1.807, 2.05) is 23.2 Å². The molecule has 0 radical (unpaired) electrons. The van der Waals surface area contributed by atoms with Gasteiger partial charge in [-0.2, -0.15) is 15.0 Å². The molecule has 2 saturated heterocycles. The minimum absolute atomic E-state index is 0.127. The van der Waals surface area contributed by atoms with Gasteiger partial charge in [-0.15, -0.1) is 11.8 Å².